The molecule has 3 aromatic rings. The molecule has 0 saturated heterocycles. The number of ether oxygens (including phenoxy) is 1. The summed E-state index contributed by atoms with van der Waals surface area (Å²) in [5.41, 5.74) is 2.01. The van der Waals surface area contributed by atoms with E-state index in [4.69, 9.17) is 4.74 Å². The number of anilines is 2. The SMILES string of the molecule is CCNC(=O)Nc1nc2cc(-c3cncnc3)c(N[C@@H](C)C(=O)OCC)nc2s1. The number of rotatable bonds is 7. The number of urea groups is 1. The average Bonchev–Trinajstić information content (AvgIpc) is 3.09. The van der Waals surface area contributed by atoms with Gasteiger partial charge in [0.15, 0.2) is 5.13 Å². The van der Waals surface area contributed by atoms with Gasteiger partial charge in [0.25, 0.3) is 0 Å². The molecule has 0 aliphatic heterocycles. The minimum atomic E-state index is -0.607. The Labute approximate surface area is 171 Å². The van der Waals surface area contributed by atoms with Crippen LogP contribution in [0.15, 0.2) is 24.8 Å². The van der Waals surface area contributed by atoms with E-state index in [0.29, 0.717) is 45.6 Å². The molecular formula is C18H21N7O3S. The molecule has 3 rings (SSSR count). The van der Waals surface area contributed by atoms with Gasteiger partial charge in [0.05, 0.1) is 6.61 Å². The molecule has 0 spiro atoms. The van der Waals surface area contributed by atoms with Gasteiger partial charge in [-0.2, -0.15) is 0 Å². The summed E-state index contributed by atoms with van der Waals surface area (Å²) in [5.74, 6) is 0.0913. The molecular weight excluding hydrogens is 394 g/mol. The number of amides is 2. The number of thiazole rings is 1. The van der Waals surface area contributed by atoms with E-state index in [1.807, 2.05) is 13.0 Å². The number of carbonyl (C=O) groups is 2. The van der Waals surface area contributed by atoms with E-state index < -0.39 is 6.04 Å². The van der Waals surface area contributed by atoms with Crippen molar-refractivity contribution < 1.29 is 14.3 Å². The first-order valence-corrected chi connectivity index (χ1v) is 9.88. The molecule has 0 fully saturated rings. The zero-order valence-corrected chi connectivity index (χ0v) is 17.0. The third-order valence-corrected chi connectivity index (χ3v) is 4.69. The fraction of sp³-hybridized carbons (Fsp3) is 0.333. The van der Waals surface area contributed by atoms with Crippen LogP contribution in [-0.4, -0.2) is 51.1 Å². The first kappa shape index (κ1) is 20.4. The molecule has 0 aliphatic carbocycles. The number of pyridine rings is 1. The smallest absolute Gasteiger partial charge is 0.328 e. The molecule has 2 amide bonds. The van der Waals surface area contributed by atoms with Gasteiger partial charge in [0.1, 0.15) is 28.5 Å². The molecule has 3 heterocycles. The van der Waals surface area contributed by atoms with Crippen molar-refractivity contribution in [1.29, 1.82) is 0 Å². The van der Waals surface area contributed by atoms with E-state index in [0.717, 1.165) is 0 Å². The zero-order valence-electron chi connectivity index (χ0n) is 16.2. The van der Waals surface area contributed by atoms with Crippen LogP contribution in [0, 0.1) is 0 Å². The molecule has 10 nitrogen and oxygen atoms in total. The number of carbonyl (C=O) groups excluding carboxylic acids is 2. The minimum Gasteiger partial charge on any atom is -0.464 e. The molecule has 0 aromatic carbocycles. The fourth-order valence-corrected chi connectivity index (χ4v) is 3.34. The van der Waals surface area contributed by atoms with Crippen molar-refractivity contribution in [2.75, 3.05) is 23.8 Å². The standard InChI is InChI=1S/C18H21N7O3S/c1-4-21-17(27)25-18-23-13-6-12(11-7-19-9-20-8-11)14(24-15(13)29-18)22-10(3)16(26)28-5-2/h6-10H,4-5H2,1-3H3,(H,22,24)(H2,21,23,25,27)/t10-/m0/s1. The number of nitrogens with one attached hydrogen (secondary N) is 3. The van der Waals surface area contributed by atoms with Crippen molar-refractivity contribution in [2.24, 2.45) is 0 Å². The number of nitrogens with zero attached hydrogens (tertiary/aromatic N) is 4. The summed E-state index contributed by atoms with van der Waals surface area (Å²) >= 11 is 1.23. The van der Waals surface area contributed by atoms with Gasteiger partial charge >= 0.3 is 12.0 Å². The summed E-state index contributed by atoms with van der Waals surface area (Å²) in [5, 5.41) is 8.85. The lowest BCUT2D eigenvalue weighted by Crippen LogP contribution is -2.28. The predicted octanol–water partition coefficient (Wildman–Crippen LogP) is 2.65. The normalized spacial score (nSPS) is 11.7. The van der Waals surface area contributed by atoms with Crippen LogP contribution < -0.4 is 16.0 Å². The maximum atomic E-state index is 12.0. The number of aromatic nitrogens is 4. The van der Waals surface area contributed by atoms with E-state index in [1.165, 1.54) is 17.7 Å². The van der Waals surface area contributed by atoms with Crippen LogP contribution in [-0.2, 0) is 9.53 Å². The van der Waals surface area contributed by atoms with Gasteiger partial charge in [-0.25, -0.2) is 29.5 Å². The van der Waals surface area contributed by atoms with Crippen molar-refractivity contribution in [3.05, 3.63) is 24.8 Å². The van der Waals surface area contributed by atoms with Crippen molar-refractivity contribution in [3.8, 4) is 11.1 Å². The molecule has 0 saturated carbocycles. The van der Waals surface area contributed by atoms with Gasteiger partial charge in [-0.05, 0) is 26.8 Å². The van der Waals surface area contributed by atoms with Crippen molar-refractivity contribution >= 4 is 44.6 Å². The highest BCUT2D eigenvalue weighted by molar-refractivity contribution is 7.22. The Morgan fingerprint density at radius 2 is 1.97 bits per heavy atom. The third-order valence-electron chi connectivity index (χ3n) is 3.81. The highest BCUT2D eigenvalue weighted by Crippen LogP contribution is 2.33. The van der Waals surface area contributed by atoms with Crippen LogP contribution in [0.2, 0.25) is 0 Å². The Hall–Kier alpha value is -3.34. The van der Waals surface area contributed by atoms with Gasteiger partial charge < -0.3 is 15.4 Å². The summed E-state index contributed by atoms with van der Waals surface area (Å²) in [6, 6.07) is 0.877. The van der Waals surface area contributed by atoms with Crippen LogP contribution in [0.25, 0.3) is 21.5 Å². The quantitative estimate of drug-likeness (QED) is 0.502. The zero-order chi connectivity index (χ0) is 20.8. The fourth-order valence-electron chi connectivity index (χ4n) is 2.52. The van der Waals surface area contributed by atoms with E-state index in [2.05, 4.69) is 35.9 Å². The van der Waals surface area contributed by atoms with Crippen LogP contribution in [0.5, 0.6) is 0 Å². The second-order valence-corrected chi connectivity index (χ2v) is 6.94. The maximum Gasteiger partial charge on any atom is 0.328 e. The average molecular weight is 415 g/mol. The third kappa shape index (κ3) is 4.93. The number of fused-ring (bicyclic) bond motifs is 1. The molecule has 0 bridgehead atoms. The molecule has 3 aromatic heterocycles. The van der Waals surface area contributed by atoms with E-state index >= 15 is 0 Å². The van der Waals surface area contributed by atoms with Crippen molar-refractivity contribution in [1.82, 2.24) is 25.3 Å². The summed E-state index contributed by atoms with van der Waals surface area (Å²) in [6.07, 6.45) is 4.73. The lowest BCUT2D eigenvalue weighted by atomic mass is 10.1. The predicted molar refractivity (Wildman–Crippen MR) is 111 cm³/mol. The monoisotopic (exact) mass is 415 g/mol. The van der Waals surface area contributed by atoms with Crippen molar-refractivity contribution in [2.45, 2.75) is 26.8 Å². The highest BCUT2D eigenvalue weighted by atomic mass is 32.1. The van der Waals surface area contributed by atoms with Gasteiger partial charge in [-0.1, -0.05) is 11.3 Å². The second kappa shape index (κ2) is 9.24. The summed E-state index contributed by atoms with van der Waals surface area (Å²) in [6.45, 7) is 6.08. The first-order valence-electron chi connectivity index (χ1n) is 9.06. The lowest BCUT2D eigenvalue weighted by molar-refractivity contribution is -0.143. The summed E-state index contributed by atoms with van der Waals surface area (Å²) in [7, 11) is 0. The van der Waals surface area contributed by atoms with Gasteiger partial charge in [-0.15, -0.1) is 0 Å². The van der Waals surface area contributed by atoms with Gasteiger partial charge in [0.2, 0.25) is 0 Å². The Morgan fingerprint density at radius 1 is 1.21 bits per heavy atom. The highest BCUT2D eigenvalue weighted by Gasteiger charge is 2.19. The van der Waals surface area contributed by atoms with E-state index in [-0.39, 0.29) is 12.0 Å². The molecule has 3 N–H and O–H groups in total. The lowest BCUT2D eigenvalue weighted by Gasteiger charge is -2.16. The number of hydrogen-bond acceptors (Lipinski definition) is 9. The van der Waals surface area contributed by atoms with Crippen LogP contribution in [0.1, 0.15) is 20.8 Å². The summed E-state index contributed by atoms with van der Waals surface area (Å²) < 4.78 is 5.06. The Kier molecular flexibility index (Phi) is 6.50. The molecule has 29 heavy (non-hydrogen) atoms. The Balaban J connectivity index is 1.99. The molecule has 11 heteroatoms. The molecule has 0 aliphatic rings. The summed E-state index contributed by atoms with van der Waals surface area (Å²) in [4.78, 5) is 41.6. The molecule has 0 unspecified atom stereocenters. The van der Waals surface area contributed by atoms with E-state index in [9.17, 15) is 9.59 Å². The van der Waals surface area contributed by atoms with Crippen molar-refractivity contribution in [3.63, 3.8) is 0 Å². The molecule has 1 atom stereocenters. The topological polar surface area (TPSA) is 131 Å². The maximum absolute atomic E-state index is 12.0. The minimum absolute atomic E-state index is 0.292. The van der Waals surface area contributed by atoms with Crippen LogP contribution in [0.3, 0.4) is 0 Å². The van der Waals surface area contributed by atoms with Crippen LogP contribution >= 0.6 is 11.3 Å². The number of esters is 1. The van der Waals surface area contributed by atoms with Gasteiger partial charge in [-0.3, -0.25) is 5.32 Å². The van der Waals surface area contributed by atoms with Crippen LogP contribution in [0.4, 0.5) is 15.7 Å². The van der Waals surface area contributed by atoms with Gasteiger partial charge in [0, 0.05) is 30.1 Å². The Bertz CT molecular complexity index is 1010. The molecule has 0 radical (unpaired) electrons. The number of hydrogen-bond donors (Lipinski definition) is 3. The van der Waals surface area contributed by atoms with E-state index in [1.54, 1.807) is 26.2 Å². The largest absolute Gasteiger partial charge is 0.464 e. The second-order valence-electron chi connectivity index (χ2n) is 5.96. The molecule has 152 valence electrons. The first-order chi connectivity index (χ1) is 14.0. The Morgan fingerprint density at radius 3 is 2.66 bits per heavy atom.